The number of unbranched alkanes of at least 4 members (excludes halogenated alkanes) is 7. The summed E-state index contributed by atoms with van der Waals surface area (Å²) in [4.78, 5) is 23.8. The molecular weight excluding hydrogens is 376 g/mol. The van der Waals surface area contributed by atoms with E-state index in [1.807, 2.05) is 6.92 Å². The van der Waals surface area contributed by atoms with Crippen LogP contribution in [0.25, 0.3) is 0 Å². The van der Waals surface area contributed by atoms with Gasteiger partial charge in [-0.15, -0.1) is 0 Å². The molecule has 0 fully saturated rings. The summed E-state index contributed by atoms with van der Waals surface area (Å²) in [7, 11) is 0. The number of hydrogen-bond donors (Lipinski definition) is 0. The Balaban J connectivity index is 3.86. The maximum atomic E-state index is 12.2. The summed E-state index contributed by atoms with van der Waals surface area (Å²) in [6.45, 7) is 12.5. The number of carbonyl (C=O) groups is 2. The molecule has 0 aliphatic rings. The minimum absolute atomic E-state index is 0.0737. The lowest BCUT2D eigenvalue weighted by molar-refractivity contribution is -0.148. The number of hydrogen-bond acceptors (Lipinski definition) is 4. The van der Waals surface area contributed by atoms with Crippen molar-refractivity contribution in [2.75, 3.05) is 6.61 Å². The molecule has 0 saturated carbocycles. The summed E-state index contributed by atoms with van der Waals surface area (Å²) in [5, 5.41) is 0. The molecule has 0 heterocycles. The van der Waals surface area contributed by atoms with Gasteiger partial charge in [0.25, 0.3) is 0 Å². The largest absolute Gasteiger partial charge is 0.466 e. The molecule has 0 N–H and O–H groups in total. The highest BCUT2D eigenvalue weighted by atomic mass is 16.5. The van der Waals surface area contributed by atoms with Crippen molar-refractivity contribution in [2.45, 2.75) is 117 Å². The van der Waals surface area contributed by atoms with Crippen LogP contribution in [0, 0.1) is 17.8 Å². The van der Waals surface area contributed by atoms with Gasteiger partial charge in [0, 0.05) is 18.8 Å². The van der Waals surface area contributed by atoms with Crippen molar-refractivity contribution in [3.63, 3.8) is 0 Å². The zero-order chi connectivity index (χ0) is 22.6. The van der Waals surface area contributed by atoms with Gasteiger partial charge in [0.15, 0.2) is 6.10 Å². The maximum absolute atomic E-state index is 12.2. The number of allylic oxidation sites excluding steroid dienone is 1. The molecule has 0 aromatic carbocycles. The standard InChI is InChI=1S/C26H44O4/c1-6-8-15-21-29-25(27)17-13-11-9-10-12-14-18-26(28)30-24(20-19-22(3)4)23(5)16-7-2/h23-24H,3,6-18,21H2,1-2,4-5H3. The topological polar surface area (TPSA) is 52.6 Å². The van der Waals surface area contributed by atoms with E-state index in [0.717, 1.165) is 76.2 Å². The van der Waals surface area contributed by atoms with Gasteiger partial charge in [-0.05, 0) is 38.2 Å². The fourth-order valence-corrected chi connectivity index (χ4v) is 3.15. The molecule has 4 nitrogen and oxygen atoms in total. The third-order valence-electron chi connectivity index (χ3n) is 4.97. The third-order valence-corrected chi connectivity index (χ3v) is 4.97. The van der Waals surface area contributed by atoms with Crippen LogP contribution < -0.4 is 0 Å². The van der Waals surface area contributed by atoms with E-state index in [9.17, 15) is 9.59 Å². The summed E-state index contributed by atoms with van der Waals surface area (Å²) in [6, 6.07) is 0. The van der Waals surface area contributed by atoms with Crippen LogP contribution in [-0.4, -0.2) is 24.6 Å². The van der Waals surface area contributed by atoms with Gasteiger partial charge in [0.1, 0.15) is 0 Å². The van der Waals surface area contributed by atoms with Crippen LogP contribution in [-0.2, 0) is 19.1 Å². The number of esters is 2. The lowest BCUT2D eigenvalue weighted by Crippen LogP contribution is -2.24. The van der Waals surface area contributed by atoms with Gasteiger partial charge >= 0.3 is 11.9 Å². The summed E-state index contributed by atoms with van der Waals surface area (Å²) >= 11 is 0. The minimum atomic E-state index is -0.351. The molecule has 172 valence electrons. The van der Waals surface area contributed by atoms with Crippen LogP contribution in [0.1, 0.15) is 111 Å². The monoisotopic (exact) mass is 420 g/mol. The van der Waals surface area contributed by atoms with Crippen LogP contribution >= 0.6 is 0 Å². The Hall–Kier alpha value is -1.76. The van der Waals surface area contributed by atoms with Crippen molar-refractivity contribution in [1.82, 2.24) is 0 Å². The molecule has 0 spiro atoms. The molecule has 0 amide bonds. The van der Waals surface area contributed by atoms with E-state index in [4.69, 9.17) is 9.47 Å². The lowest BCUT2D eigenvalue weighted by atomic mass is 9.99. The van der Waals surface area contributed by atoms with E-state index in [1.54, 1.807) is 0 Å². The van der Waals surface area contributed by atoms with Gasteiger partial charge in [-0.2, -0.15) is 0 Å². The molecule has 0 aliphatic carbocycles. The number of rotatable bonds is 17. The average Bonchev–Trinajstić information content (AvgIpc) is 2.70. The second-order valence-corrected chi connectivity index (χ2v) is 8.27. The van der Waals surface area contributed by atoms with Crippen LogP contribution in [0.15, 0.2) is 12.2 Å². The van der Waals surface area contributed by atoms with E-state index in [2.05, 4.69) is 39.2 Å². The highest BCUT2D eigenvalue weighted by Gasteiger charge is 2.18. The second-order valence-electron chi connectivity index (χ2n) is 8.27. The van der Waals surface area contributed by atoms with Crippen molar-refractivity contribution in [3.05, 3.63) is 12.2 Å². The van der Waals surface area contributed by atoms with Crippen molar-refractivity contribution in [1.29, 1.82) is 0 Å². The Bertz CT molecular complexity index is 541. The minimum Gasteiger partial charge on any atom is -0.466 e. The normalized spacial score (nSPS) is 12.4. The van der Waals surface area contributed by atoms with E-state index in [1.165, 1.54) is 0 Å². The molecular formula is C26H44O4. The first-order valence-corrected chi connectivity index (χ1v) is 11.9. The zero-order valence-corrected chi connectivity index (χ0v) is 19.9. The first-order chi connectivity index (χ1) is 14.4. The van der Waals surface area contributed by atoms with E-state index < -0.39 is 0 Å². The summed E-state index contributed by atoms with van der Waals surface area (Å²) < 4.78 is 10.8. The van der Waals surface area contributed by atoms with Gasteiger partial charge in [-0.1, -0.05) is 84.1 Å². The molecule has 0 aromatic rings. The first-order valence-electron chi connectivity index (χ1n) is 11.9. The summed E-state index contributed by atoms with van der Waals surface area (Å²) in [5.74, 6) is 6.00. The van der Waals surface area contributed by atoms with Gasteiger partial charge in [0.2, 0.25) is 0 Å². The van der Waals surface area contributed by atoms with E-state index in [0.29, 0.717) is 19.4 Å². The molecule has 2 atom stereocenters. The van der Waals surface area contributed by atoms with Crippen LogP contribution in [0.3, 0.4) is 0 Å². The Morgan fingerprint density at radius 2 is 1.47 bits per heavy atom. The number of ether oxygens (including phenoxy) is 2. The van der Waals surface area contributed by atoms with E-state index >= 15 is 0 Å². The highest BCUT2D eigenvalue weighted by molar-refractivity contribution is 5.70. The quantitative estimate of drug-likeness (QED) is 0.148. The molecule has 0 aliphatic heterocycles. The predicted molar refractivity (Wildman–Crippen MR) is 124 cm³/mol. The van der Waals surface area contributed by atoms with Gasteiger partial charge in [0.05, 0.1) is 6.61 Å². The second kappa shape index (κ2) is 19.2. The fourth-order valence-electron chi connectivity index (χ4n) is 3.15. The maximum Gasteiger partial charge on any atom is 0.307 e. The lowest BCUT2D eigenvalue weighted by Gasteiger charge is -2.19. The Morgan fingerprint density at radius 1 is 0.867 bits per heavy atom. The van der Waals surface area contributed by atoms with Crippen molar-refractivity contribution < 1.29 is 19.1 Å². The molecule has 0 bridgehead atoms. The predicted octanol–water partition coefficient (Wildman–Crippen LogP) is 6.77. The fraction of sp³-hybridized carbons (Fsp3) is 0.769. The first kappa shape index (κ1) is 28.2. The zero-order valence-electron chi connectivity index (χ0n) is 19.9. The number of carbonyl (C=O) groups excluding carboxylic acids is 2. The molecule has 0 saturated heterocycles. The smallest absolute Gasteiger partial charge is 0.307 e. The molecule has 4 heteroatoms. The summed E-state index contributed by atoms with van der Waals surface area (Å²) in [6.07, 6.45) is 11.7. The van der Waals surface area contributed by atoms with Crippen molar-refractivity contribution in [2.24, 2.45) is 5.92 Å². The van der Waals surface area contributed by atoms with Crippen molar-refractivity contribution in [3.8, 4) is 11.8 Å². The average molecular weight is 421 g/mol. The van der Waals surface area contributed by atoms with Gasteiger partial charge < -0.3 is 9.47 Å². The highest BCUT2D eigenvalue weighted by Crippen LogP contribution is 2.16. The Morgan fingerprint density at radius 3 is 2.03 bits per heavy atom. The van der Waals surface area contributed by atoms with Crippen molar-refractivity contribution >= 4 is 11.9 Å². The molecule has 0 aromatic heterocycles. The Kier molecular flexibility index (Phi) is 18.1. The summed E-state index contributed by atoms with van der Waals surface area (Å²) in [5.41, 5.74) is 0.782. The molecule has 0 radical (unpaired) electrons. The Labute approximate surface area is 185 Å². The van der Waals surface area contributed by atoms with Crippen LogP contribution in [0.5, 0.6) is 0 Å². The molecule has 2 unspecified atom stereocenters. The van der Waals surface area contributed by atoms with Gasteiger partial charge in [-0.25, -0.2) is 0 Å². The van der Waals surface area contributed by atoms with Gasteiger partial charge in [-0.3, -0.25) is 9.59 Å². The van der Waals surface area contributed by atoms with Crippen LogP contribution in [0.4, 0.5) is 0 Å². The molecule has 30 heavy (non-hydrogen) atoms. The molecule has 0 rings (SSSR count). The third kappa shape index (κ3) is 17.1. The van der Waals surface area contributed by atoms with E-state index in [-0.39, 0.29) is 24.0 Å². The van der Waals surface area contributed by atoms with Crippen LogP contribution in [0.2, 0.25) is 0 Å². The SMILES string of the molecule is C=C(C)C#CC(OC(=O)CCCCCCCCC(=O)OCCCCC)C(C)CCC.